The minimum absolute atomic E-state index is 0.0468. The van der Waals surface area contributed by atoms with Gasteiger partial charge in [0.05, 0.1) is 18.8 Å². The number of rotatable bonds is 4. The van der Waals surface area contributed by atoms with Crippen molar-refractivity contribution < 1.29 is 9.53 Å². The lowest BCUT2D eigenvalue weighted by Gasteiger charge is -2.34. The molecular formula is C24H28ClN5O2. The van der Waals surface area contributed by atoms with Gasteiger partial charge in [-0.2, -0.15) is 5.10 Å². The number of hydrogen-bond donors (Lipinski definition) is 0. The van der Waals surface area contributed by atoms with Gasteiger partial charge in [0.25, 0.3) is 5.91 Å². The Labute approximate surface area is 192 Å². The van der Waals surface area contributed by atoms with Gasteiger partial charge in [-0.3, -0.25) is 4.79 Å². The number of halogens is 1. The van der Waals surface area contributed by atoms with Crippen molar-refractivity contribution in [2.45, 2.75) is 45.1 Å². The molecule has 2 aromatic heterocycles. The fourth-order valence-corrected chi connectivity index (χ4v) is 5.11. The van der Waals surface area contributed by atoms with Gasteiger partial charge in [0, 0.05) is 48.0 Å². The summed E-state index contributed by atoms with van der Waals surface area (Å²) >= 11 is 6.22. The lowest BCUT2D eigenvalue weighted by atomic mass is 9.98. The number of methoxy groups -OCH3 is 1. The molecule has 2 fully saturated rings. The van der Waals surface area contributed by atoms with Crippen molar-refractivity contribution in [3.63, 3.8) is 0 Å². The third kappa shape index (κ3) is 3.90. The molecule has 0 N–H and O–H groups in total. The van der Waals surface area contributed by atoms with Gasteiger partial charge in [0.1, 0.15) is 11.6 Å². The number of fused-ring (bicyclic) bond motifs is 1. The summed E-state index contributed by atoms with van der Waals surface area (Å²) in [6.45, 7) is 4.89. The van der Waals surface area contributed by atoms with E-state index in [1.807, 2.05) is 15.5 Å². The van der Waals surface area contributed by atoms with Gasteiger partial charge < -0.3 is 14.5 Å². The summed E-state index contributed by atoms with van der Waals surface area (Å²) in [5.74, 6) is 1.58. The number of hydrogen-bond acceptors (Lipinski definition) is 5. The molecule has 1 amide bonds. The van der Waals surface area contributed by atoms with Crippen LogP contribution in [0.5, 0.6) is 5.75 Å². The van der Waals surface area contributed by atoms with Gasteiger partial charge in [-0.15, -0.1) is 0 Å². The van der Waals surface area contributed by atoms with Crippen LogP contribution < -0.4 is 9.64 Å². The Hall–Kier alpha value is -2.80. The molecule has 168 valence electrons. The standard InChI is InChI=1S/C24H28ClN5O2/c1-16-15-30-22(26-23(16)28-8-5-6-9-28)14-20(27-30)21-7-3-4-10-29(21)24(31)17-11-18(25)13-19(12-17)32-2/h11-15,21H,3-10H2,1-2H3. The highest BCUT2D eigenvalue weighted by atomic mass is 35.5. The molecule has 2 aliphatic rings. The quantitative estimate of drug-likeness (QED) is 0.574. The third-order valence-electron chi connectivity index (χ3n) is 6.49. The molecule has 0 bridgehead atoms. The van der Waals surface area contributed by atoms with Gasteiger partial charge in [0.2, 0.25) is 0 Å². The van der Waals surface area contributed by atoms with Crippen LogP contribution in [0.25, 0.3) is 5.65 Å². The van der Waals surface area contributed by atoms with Crippen molar-refractivity contribution in [1.82, 2.24) is 19.5 Å². The zero-order valence-corrected chi connectivity index (χ0v) is 19.3. The van der Waals surface area contributed by atoms with Gasteiger partial charge in [-0.25, -0.2) is 9.50 Å². The molecule has 4 heterocycles. The topological polar surface area (TPSA) is 63.0 Å². The van der Waals surface area contributed by atoms with Crippen LogP contribution in [0.1, 0.15) is 59.8 Å². The summed E-state index contributed by atoms with van der Waals surface area (Å²) in [6, 6.07) is 7.11. The van der Waals surface area contributed by atoms with Gasteiger partial charge in [0.15, 0.2) is 5.65 Å². The summed E-state index contributed by atoms with van der Waals surface area (Å²) in [7, 11) is 1.58. The highest BCUT2D eigenvalue weighted by Gasteiger charge is 2.31. The molecule has 1 aromatic carbocycles. The number of anilines is 1. The summed E-state index contributed by atoms with van der Waals surface area (Å²) in [5, 5.41) is 5.32. The summed E-state index contributed by atoms with van der Waals surface area (Å²) in [5.41, 5.74) is 3.37. The van der Waals surface area contributed by atoms with Crippen LogP contribution in [0.4, 0.5) is 5.82 Å². The first-order valence-corrected chi connectivity index (χ1v) is 11.7. The molecule has 3 aromatic rings. The summed E-state index contributed by atoms with van der Waals surface area (Å²) < 4.78 is 7.16. The molecule has 0 spiro atoms. The minimum atomic E-state index is -0.0848. The van der Waals surface area contributed by atoms with E-state index in [0.29, 0.717) is 22.9 Å². The first-order chi connectivity index (χ1) is 15.5. The third-order valence-corrected chi connectivity index (χ3v) is 6.71. The zero-order valence-electron chi connectivity index (χ0n) is 18.6. The molecular weight excluding hydrogens is 426 g/mol. The molecule has 7 nitrogen and oxygen atoms in total. The number of nitrogens with zero attached hydrogens (tertiary/aromatic N) is 5. The lowest BCUT2D eigenvalue weighted by Crippen LogP contribution is -2.38. The van der Waals surface area contributed by atoms with E-state index in [2.05, 4.69) is 18.0 Å². The van der Waals surface area contributed by atoms with Crippen molar-refractivity contribution in [1.29, 1.82) is 0 Å². The smallest absolute Gasteiger partial charge is 0.254 e. The Morgan fingerprint density at radius 1 is 1.09 bits per heavy atom. The molecule has 0 aliphatic carbocycles. The van der Waals surface area contributed by atoms with Gasteiger partial charge in [-0.1, -0.05) is 11.6 Å². The zero-order chi connectivity index (χ0) is 22.2. The molecule has 1 atom stereocenters. The van der Waals surface area contributed by atoms with Crippen molar-refractivity contribution in [3.05, 3.63) is 52.3 Å². The Morgan fingerprint density at radius 3 is 2.66 bits per heavy atom. The Kier molecular flexibility index (Phi) is 5.67. The largest absolute Gasteiger partial charge is 0.497 e. The van der Waals surface area contributed by atoms with Crippen LogP contribution in [0, 0.1) is 6.92 Å². The second-order valence-electron chi connectivity index (χ2n) is 8.70. The number of aromatic nitrogens is 3. The SMILES string of the molecule is COc1cc(Cl)cc(C(=O)N2CCCCC2c2cc3nc(N4CCCC4)c(C)cn3n2)c1. The predicted molar refractivity (Wildman–Crippen MR) is 125 cm³/mol. The van der Waals surface area contributed by atoms with Crippen molar-refractivity contribution in [2.24, 2.45) is 0 Å². The molecule has 8 heteroatoms. The highest BCUT2D eigenvalue weighted by molar-refractivity contribution is 6.31. The molecule has 2 aliphatic heterocycles. The van der Waals surface area contributed by atoms with Crippen LogP contribution in [-0.4, -0.2) is 52.1 Å². The summed E-state index contributed by atoms with van der Waals surface area (Å²) in [4.78, 5) is 22.7. The maximum absolute atomic E-state index is 13.5. The van der Waals surface area contributed by atoms with Crippen LogP contribution in [-0.2, 0) is 0 Å². The Morgan fingerprint density at radius 2 is 1.88 bits per heavy atom. The number of piperidine rings is 1. The molecule has 0 radical (unpaired) electrons. The van der Waals surface area contributed by atoms with Gasteiger partial charge in [-0.05, 0) is 57.2 Å². The number of aryl methyl sites for hydroxylation is 1. The van der Waals surface area contributed by atoms with E-state index in [9.17, 15) is 4.79 Å². The second-order valence-corrected chi connectivity index (χ2v) is 9.14. The molecule has 5 rings (SSSR count). The monoisotopic (exact) mass is 453 g/mol. The molecule has 0 saturated carbocycles. The van der Waals surface area contributed by atoms with Crippen LogP contribution in [0.15, 0.2) is 30.5 Å². The highest BCUT2D eigenvalue weighted by Crippen LogP contribution is 2.33. The van der Waals surface area contributed by atoms with Crippen molar-refractivity contribution >= 4 is 29.0 Å². The molecule has 1 unspecified atom stereocenters. The first kappa shape index (κ1) is 21.1. The fraction of sp³-hybridized carbons (Fsp3) is 0.458. The Balaban J connectivity index is 1.48. The average Bonchev–Trinajstić information content (AvgIpc) is 3.47. The predicted octanol–water partition coefficient (Wildman–Crippen LogP) is 4.67. The normalized spacial score (nSPS) is 19.0. The van der Waals surface area contributed by atoms with E-state index in [4.69, 9.17) is 26.4 Å². The first-order valence-electron chi connectivity index (χ1n) is 11.3. The average molecular weight is 454 g/mol. The number of ether oxygens (including phenoxy) is 1. The number of likely N-dealkylation sites (tertiary alicyclic amines) is 1. The number of benzene rings is 1. The molecule has 32 heavy (non-hydrogen) atoms. The molecule has 2 saturated heterocycles. The second kappa shape index (κ2) is 8.62. The summed E-state index contributed by atoms with van der Waals surface area (Å²) in [6.07, 6.45) is 7.40. The Bertz CT molecular complexity index is 1150. The van der Waals surface area contributed by atoms with Crippen LogP contribution in [0.3, 0.4) is 0 Å². The number of amides is 1. The number of carbonyl (C=O) groups is 1. The van der Waals surface area contributed by atoms with Crippen LogP contribution in [0.2, 0.25) is 5.02 Å². The van der Waals surface area contributed by atoms with Crippen molar-refractivity contribution in [2.75, 3.05) is 31.6 Å². The minimum Gasteiger partial charge on any atom is -0.497 e. The van der Waals surface area contributed by atoms with Gasteiger partial charge >= 0.3 is 0 Å². The van der Waals surface area contributed by atoms with E-state index in [-0.39, 0.29) is 11.9 Å². The fourth-order valence-electron chi connectivity index (χ4n) is 4.88. The maximum atomic E-state index is 13.5. The van der Waals surface area contributed by atoms with E-state index in [1.165, 1.54) is 12.8 Å². The van der Waals surface area contributed by atoms with Crippen LogP contribution >= 0.6 is 11.6 Å². The van der Waals surface area contributed by atoms with Crippen molar-refractivity contribution in [3.8, 4) is 5.75 Å². The van der Waals surface area contributed by atoms with E-state index < -0.39 is 0 Å². The van der Waals surface area contributed by atoms with E-state index in [1.54, 1.807) is 25.3 Å². The van der Waals surface area contributed by atoms with E-state index >= 15 is 0 Å². The number of carbonyl (C=O) groups excluding carboxylic acids is 1. The maximum Gasteiger partial charge on any atom is 0.254 e. The lowest BCUT2D eigenvalue weighted by molar-refractivity contribution is 0.0605. The van der Waals surface area contributed by atoms with E-state index in [0.717, 1.165) is 55.1 Å².